The molecule has 3 heterocycles. The summed E-state index contributed by atoms with van der Waals surface area (Å²) in [6.07, 6.45) is 3.55. The second-order valence-corrected chi connectivity index (χ2v) is 6.01. The van der Waals surface area contributed by atoms with E-state index in [2.05, 4.69) is 24.6 Å². The van der Waals surface area contributed by atoms with E-state index < -0.39 is 0 Å². The zero-order chi connectivity index (χ0) is 16.2. The topological polar surface area (TPSA) is 72.8 Å². The Labute approximate surface area is 138 Å². The van der Waals surface area contributed by atoms with Crippen molar-refractivity contribution in [2.24, 2.45) is 0 Å². The number of aryl methyl sites for hydroxylation is 1. The van der Waals surface area contributed by atoms with Gasteiger partial charge in [-0.05, 0) is 44.5 Å². The first kappa shape index (κ1) is 15.4. The summed E-state index contributed by atoms with van der Waals surface area (Å²) in [5.41, 5.74) is 1.76. The van der Waals surface area contributed by atoms with Crippen molar-refractivity contribution in [2.75, 3.05) is 5.32 Å². The lowest BCUT2D eigenvalue weighted by Gasteiger charge is -2.08. The van der Waals surface area contributed by atoms with E-state index in [1.165, 1.54) is 11.5 Å². The Hall–Kier alpha value is -2.54. The van der Waals surface area contributed by atoms with Crippen molar-refractivity contribution < 1.29 is 4.74 Å². The number of anilines is 2. The molecule has 0 unspecified atom stereocenters. The molecule has 3 aromatic heterocycles. The van der Waals surface area contributed by atoms with Gasteiger partial charge in [0.1, 0.15) is 17.3 Å². The van der Waals surface area contributed by atoms with Gasteiger partial charge >= 0.3 is 0 Å². The third-order valence-electron chi connectivity index (χ3n) is 3.00. The van der Waals surface area contributed by atoms with E-state index in [-0.39, 0.29) is 6.10 Å². The van der Waals surface area contributed by atoms with Crippen LogP contribution in [0, 0.1) is 6.92 Å². The van der Waals surface area contributed by atoms with E-state index >= 15 is 0 Å². The van der Waals surface area contributed by atoms with Gasteiger partial charge in [0.25, 0.3) is 0 Å². The van der Waals surface area contributed by atoms with Gasteiger partial charge in [-0.2, -0.15) is 9.36 Å². The number of hydrogen-bond acceptors (Lipinski definition) is 7. The molecule has 0 aromatic carbocycles. The highest BCUT2D eigenvalue weighted by atomic mass is 32.1. The molecule has 0 saturated carbocycles. The van der Waals surface area contributed by atoms with Gasteiger partial charge in [-0.25, -0.2) is 9.97 Å². The molecule has 0 radical (unpaired) electrons. The van der Waals surface area contributed by atoms with Crippen molar-refractivity contribution in [3.05, 3.63) is 42.2 Å². The van der Waals surface area contributed by atoms with Crippen molar-refractivity contribution in [2.45, 2.75) is 26.9 Å². The first-order valence-electron chi connectivity index (χ1n) is 7.27. The highest BCUT2D eigenvalue weighted by Gasteiger charge is 2.10. The normalized spacial score (nSPS) is 10.8. The standard InChI is InChI=1S/C16H17N5OS/c1-10(2)22-12-6-7-13(18-9-12)15-20-16(23-21-15)19-14-11(3)5-4-8-17-14/h4-10H,1-3H3,(H,17,19,20,21). The van der Waals surface area contributed by atoms with Gasteiger partial charge < -0.3 is 10.1 Å². The summed E-state index contributed by atoms with van der Waals surface area (Å²) >= 11 is 1.28. The van der Waals surface area contributed by atoms with Gasteiger partial charge in [-0.1, -0.05) is 6.07 Å². The Morgan fingerprint density at radius 3 is 2.74 bits per heavy atom. The van der Waals surface area contributed by atoms with Gasteiger partial charge in [0, 0.05) is 17.7 Å². The summed E-state index contributed by atoms with van der Waals surface area (Å²) < 4.78 is 9.92. The second-order valence-electron chi connectivity index (χ2n) is 5.26. The minimum absolute atomic E-state index is 0.123. The molecular formula is C16H17N5OS. The van der Waals surface area contributed by atoms with Crippen LogP contribution in [-0.2, 0) is 0 Å². The fourth-order valence-electron chi connectivity index (χ4n) is 1.95. The molecule has 1 N–H and O–H groups in total. The minimum Gasteiger partial charge on any atom is -0.489 e. The van der Waals surface area contributed by atoms with Crippen LogP contribution in [0.4, 0.5) is 10.9 Å². The molecule has 0 spiro atoms. The number of ether oxygens (including phenoxy) is 1. The van der Waals surface area contributed by atoms with Crippen LogP contribution in [-0.4, -0.2) is 25.4 Å². The fourth-order valence-corrected chi connectivity index (χ4v) is 2.53. The number of nitrogens with zero attached hydrogens (tertiary/aromatic N) is 4. The Bertz CT molecular complexity index is 785. The maximum atomic E-state index is 5.58. The van der Waals surface area contributed by atoms with Crippen LogP contribution in [0.15, 0.2) is 36.7 Å². The quantitative estimate of drug-likeness (QED) is 0.767. The second kappa shape index (κ2) is 6.70. The number of hydrogen-bond donors (Lipinski definition) is 1. The van der Waals surface area contributed by atoms with Crippen LogP contribution in [0.1, 0.15) is 19.4 Å². The van der Waals surface area contributed by atoms with Crippen LogP contribution >= 0.6 is 11.5 Å². The lowest BCUT2D eigenvalue weighted by molar-refractivity contribution is 0.241. The molecule has 23 heavy (non-hydrogen) atoms. The summed E-state index contributed by atoms with van der Waals surface area (Å²) in [4.78, 5) is 13.1. The van der Waals surface area contributed by atoms with E-state index in [1.54, 1.807) is 12.4 Å². The largest absolute Gasteiger partial charge is 0.489 e. The zero-order valence-corrected chi connectivity index (χ0v) is 14.0. The lowest BCUT2D eigenvalue weighted by Crippen LogP contribution is -2.05. The SMILES string of the molecule is Cc1cccnc1Nc1nc(-c2ccc(OC(C)C)cn2)ns1. The molecule has 3 aromatic rings. The Morgan fingerprint density at radius 2 is 2.04 bits per heavy atom. The summed E-state index contributed by atoms with van der Waals surface area (Å²) in [7, 11) is 0. The number of pyridine rings is 2. The molecule has 0 aliphatic heterocycles. The van der Waals surface area contributed by atoms with Gasteiger partial charge in [0.15, 0.2) is 5.82 Å². The highest BCUT2D eigenvalue weighted by Crippen LogP contribution is 2.24. The van der Waals surface area contributed by atoms with Crippen LogP contribution in [0.3, 0.4) is 0 Å². The first-order chi connectivity index (χ1) is 11.1. The maximum absolute atomic E-state index is 5.58. The van der Waals surface area contributed by atoms with E-state index in [0.717, 1.165) is 17.1 Å². The number of nitrogens with one attached hydrogen (secondary N) is 1. The van der Waals surface area contributed by atoms with Crippen molar-refractivity contribution in [3.63, 3.8) is 0 Å². The van der Waals surface area contributed by atoms with E-state index in [0.29, 0.717) is 16.6 Å². The Morgan fingerprint density at radius 1 is 1.17 bits per heavy atom. The molecule has 118 valence electrons. The molecule has 0 saturated heterocycles. The van der Waals surface area contributed by atoms with Crippen LogP contribution in [0.5, 0.6) is 5.75 Å². The van der Waals surface area contributed by atoms with E-state index in [1.807, 2.05) is 45.0 Å². The molecule has 0 atom stereocenters. The third-order valence-corrected chi connectivity index (χ3v) is 3.63. The molecule has 0 aliphatic carbocycles. The zero-order valence-electron chi connectivity index (χ0n) is 13.1. The molecule has 0 aliphatic rings. The smallest absolute Gasteiger partial charge is 0.208 e. The number of rotatable bonds is 5. The Balaban J connectivity index is 1.75. The lowest BCUT2D eigenvalue weighted by atomic mass is 10.3. The van der Waals surface area contributed by atoms with Crippen molar-refractivity contribution in [1.29, 1.82) is 0 Å². The van der Waals surface area contributed by atoms with Crippen molar-refractivity contribution >= 4 is 22.5 Å². The predicted octanol–water partition coefficient (Wildman–Crippen LogP) is 3.83. The average molecular weight is 327 g/mol. The fraction of sp³-hybridized carbons (Fsp3) is 0.250. The summed E-state index contributed by atoms with van der Waals surface area (Å²) in [6.45, 7) is 5.95. The van der Waals surface area contributed by atoms with Crippen molar-refractivity contribution in [1.82, 2.24) is 19.3 Å². The third kappa shape index (κ3) is 3.81. The molecule has 7 heteroatoms. The molecule has 0 amide bonds. The Kier molecular flexibility index (Phi) is 4.47. The summed E-state index contributed by atoms with van der Waals surface area (Å²) in [5, 5.41) is 3.87. The van der Waals surface area contributed by atoms with E-state index in [4.69, 9.17) is 4.74 Å². The molecular weight excluding hydrogens is 310 g/mol. The number of aromatic nitrogens is 4. The molecule has 0 bridgehead atoms. The highest BCUT2D eigenvalue weighted by molar-refractivity contribution is 7.09. The van der Waals surface area contributed by atoms with Gasteiger partial charge in [-0.3, -0.25) is 0 Å². The molecule has 3 rings (SSSR count). The monoisotopic (exact) mass is 327 g/mol. The molecule has 0 fully saturated rings. The van der Waals surface area contributed by atoms with Crippen molar-refractivity contribution in [3.8, 4) is 17.3 Å². The average Bonchev–Trinajstić information content (AvgIpc) is 2.98. The van der Waals surface area contributed by atoms with Crippen LogP contribution in [0.2, 0.25) is 0 Å². The minimum atomic E-state index is 0.123. The summed E-state index contributed by atoms with van der Waals surface area (Å²) in [6, 6.07) is 7.62. The van der Waals surface area contributed by atoms with E-state index in [9.17, 15) is 0 Å². The predicted molar refractivity (Wildman–Crippen MR) is 91.2 cm³/mol. The van der Waals surface area contributed by atoms with Crippen LogP contribution < -0.4 is 10.1 Å². The van der Waals surface area contributed by atoms with Gasteiger partial charge in [0.2, 0.25) is 5.13 Å². The first-order valence-corrected chi connectivity index (χ1v) is 8.04. The van der Waals surface area contributed by atoms with Crippen LogP contribution in [0.25, 0.3) is 11.5 Å². The van der Waals surface area contributed by atoms with Gasteiger partial charge in [0.05, 0.1) is 12.3 Å². The molecule has 6 nitrogen and oxygen atoms in total. The van der Waals surface area contributed by atoms with Gasteiger partial charge in [-0.15, -0.1) is 0 Å². The maximum Gasteiger partial charge on any atom is 0.208 e. The summed E-state index contributed by atoms with van der Waals surface area (Å²) in [5.74, 6) is 2.10.